The standard InChI is InChI=1S/Ni.2H2O5S/c;2*1-5-6(2,3)4/h;2*1H,(H,2,3,4)/q+2;;/p-2. The summed E-state index contributed by atoms with van der Waals surface area (Å²) in [6, 6.07) is 0. The molecule has 0 aromatic heterocycles. The first-order valence-electron chi connectivity index (χ1n) is 1.70. The molecule has 0 spiro atoms. The summed E-state index contributed by atoms with van der Waals surface area (Å²) in [7, 11) is -9.71. The molecule has 0 aliphatic rings. The van der Waals surface area contributed by atoms with Crippen LogP contribution in [0.3, 0.4) is 0 Å². The van der Waals surface area contributed by atoms with Crippen LogP contribution in [0.2, 0.25) is 0 Å². The molecule has 0 saturated heterocycles. The van der Waals surface area contributed by atoms with Gasteiger partial charge < -0.3 is 9.11 Å². The van der Waals surface area contributed by atoms with Gasteiger partial charge in [-0.1, -0.05) is 0 Å². The monoisotopic (exact) mass is 284 g/mol. The fourth-order valence-corrected chi connectivity index (χ4v) is 0. The van der Waals surface area contributed by atoms with E-state index in [0.29, 0.717) is 0 Å². The minimum Gasteiger partial charge on any atom is -0.724 e. The summed E-state index contributed by atoms with van der Waals surface area (Å²) in [6.45, 7) is 0. The third-order valence-corrected chi connectivity index (χ3v) is 0.548. The molecule has 0 radical (unpaired) electrons. The molecule has 0 aliphatic carbocycles. The van der Waals surface area contributed by atoms with Crippen LogP contribution in [0.15, 0.2) is 0 Å². The van der Waals surface area contributed by atoms with Crippen LogP contribution < -0.4 is 0 Å². The number of rotatable bonds is 2. The van der Waals surface area contributed by atoms with Crippen molar-refractivity contribution in [3.63, 3.8) is 0 Å². The van der Waals surface area contributed by atoms with Gasteiger partial charge >= 0.3 is 16.5 Å². The predicted molar refractivity (Wildman–Crippen MR) is 26.8 cm³/mol. The Hall–Kier alpha value is 0.154. The first-order valence-corrected chi connectivity index (χ1v) is 4.37. The molecule has 10 nitrogen and oxygen atoms in total. The van der Waals surface area contributed by atoms with Gasteiger partial charge in [-0.2, -0.15) is 0 Å². The van der Waals surface area contributed by atoms with E-state index in [9.17, 15) is 0 Å². The van der Waals surface area contributed by atoms with Crippen molar-refractivity contribution in [2.24, 2.45) is 0 Å². The molecule has 0 heterocycles. The minimum atomic E-state index is -4.86. The second-order valence-electron chi connectivity index (χ2n) is 0.966. The normalized spacial score (nSPS) is 10.8. The Bertz CT molecular complexity index is 249. The van der Waals surface area contributed by atoms with Crippen molar-refractivity contribution in [3.05, 3.63) is 0 Å². The summed E-state index contributed by atoms with van der Waals surface area (Å²) < 4.78 is 58.5. The van der Waals surface area contributed by atoms with E-state index in [0.717, 1.165) is 0 Å². The average molecular weight is 285 g/mol. The van der Waals surface area contributed by atoms with Crippen LogP contribution in [-0.2, 0) is 46.0 Å². The van der Waals surface area contributed by atoms with Gasteiger partial charge in [-0.05, 0) is 0 Å². The SMILES string of the molecule is O=S(=O)([O-])OO.O=S(=O)([O-])OO.[Ni+2]. The molecule has 84 valence electrons. The Kier molecular flexibility index (Phi) is 10.9. The van der Waals surface area contributed by atoms with Gasteiger partial charge in [-0.3, -0.25) is 0 Å². The van der Waals surface area contributed by atoms with Crippen LogP contribution in [-0.4, -0.2) is 36.5 Å². The van der Waals surface area contributed by atoms with E-state index < -0.39 is 20.8 Å². The van der Waals surface area contributed by atoms with E-state index in [1.165, 1.54) is 0 Å². The fourth-order valence-electron chi connectivity index (χ4n) is 0. The molecule has 13 heavy (non-hydrogen) atoms. The van der Waals surface area contributed by atoms with Crippen LogP contribution in [0.4, 0.5) is 0 Å². The van der Waals surface area contributed by atoms with E-state index in [1.807, 2.05) is 0 Å². The number of hydrogen-bond donors (Lipinski definition) is 2. The maximum Gasteiger partial charge on any atom is 2.00 e. The van der Waals surface area contributed by atoms with E-state index in [2.05, 4.69) is 8.67 Å². The summed E-state index contributed by atoms with van der Waals surface area (Å²) in [5.74, 6) is 0. The van der Waals surface area contributed by atoms with Crippen molar-refractivity contribution < 1.29 is 61.6 Å². The Morgan fingerprint density at radius 3 is 0.923 bits per heavy atom. The van der Waals surface area contributed by atoms with E-state index in [1.54, 1.807) is 0 Å². The molecule has 0 rings (SSSR count). The second kappa shape index (κ2) is 7.55. The topological polar surface area (TPSA) is 173 Å². The third-order valence-electron chi connectivity index (χ3n) is 0.183. The molecular formula is H2NiO10S2. The second-order valence-corrected chi connectivity index (χ2v) is 2.90. The first kappa shape index (κ1) is 18.8. The molecular weight excluding hydrogens is 283 g/mol. The molecule has 0 aliphatic heterocycles. The molecule has 0 aromatic rings. The van der Waals surface area contributed by atoms with Crippen molar-refractivity contribution >= 4 is 20.8 Å². The zero-order valence-electron chi connectivity index (χ0n) is 5.29. The first-order chi connectivity index (χ1) is 5.12. The van der Waals surface area contributed by atoms with Crippen molar-refractivity contribution in [1.82, 2.24) is 0 Å². The van der Waals surface area contributed by atoms with Crippen molar-refractivity contribution in [3.8, 4) is 0 Å². The predicted octanol–water partition coefficient (Wildman–Crippen LogP) is -2.13. The Morgan fingerprint density at radius 2 is 0.923 bits per heavy atom. The molecule has 13 heteroatoms. The van der Waals surface area contributed by atoms with Crippen molar-refractivity contribution in [2.45, 2.75) is 0 Å². The van der Waals surface area contributed by atoms with Crippen LogP contribution in [0, 0.1) is 0 Å². The molecule has 0 atom stereocenters. The Balaban J connectivity index is -0.000000143. The zero-order chi connectivity index (χ0) is 10.4. The molecule has 0 unspecified atom stereocenters. The minimum absolute atomic E-state index is 0. The van der Waals surface area contributed by atoms with Gasteiger partial charge in [-0.25, -0.2) is 27.4 Å². The smallest absolute Gasteiger partial charge is 0.724 e. The summed E-state index contributed by atoms with van der Waals surface area (Å²) in [4.78, 5) is 0. The van der Waals surface area contributed by atoms with Gasteiger partial charge in [-0.15, -0.1) is 8.67 Å². The van der Waals surface area contributed by atoms with Gasteiger partial charge in [0.1, 0.15) is 0 Å². The van der Waals surface area contributed by atoms with Gasteiger partial charge in [0.05, 0.1) is 0 Å². The molecule has 2 N–H and O–H groups in total. The molecule has 0 saturated carbocycles. The van der Waals surface area contributed by atoms with E-state index in [-0.39, 0.29) is 16.5 Å². The van der Waals surface area contributed by atoms with Crippen molar-refractivity contribution in [2.75, 3.05) is 0 Å². The van der Waals surface area contributed by atoms with Crippen molar-refractivity contribution in [1.29, 1.82) is 0 Å². The average Bonchev–Trinajstić information content (AvgIpc) is 1.86. The maximum atomic E-state index is 8.97. The largest absolute Gasteiger partial charge is 2.00 e. The van der Waals surface area contributed by atoms with E-state index >= 15 is 0 Å². The fraction of sp³-hybridized carbons (Fsp3) is 0. The quantitative estimate of drug-likeness (QED) is 0.187. The van der Waals surface area contributed by atoms with Gasteiger partial charge in [0, 0.05) is 0 Å². The summed E-state index contributed by atoms with van der Waals surface area (Å²) in [6.07, 6.45) is 0. The Labute approximate surface area is 82.8 Å². The summed E-state index contributed by atoms with van der Waals surface area (Å²) in [5, 5.41) is 14.0. The molecule has 0 amide bonds. The van der Waals surface area contributed by atoms with Crippen LogP contribution in [0.5, 0.6) is 0 Å². The molecule has 0 bridgehead atoms. The van der Waals surface area contributed by atoms with Gasteiger partial charge in [0.15, 0.2) is 0 Å². The zero-order valence-corrected chi connectivity index (χ0v) is 7.91. The molecule has 0 aromatic carbocycles. The van der Waals surface area contributed by atoms with Gasteiger partial charge in [0.25, 0.3) is 0 Å². The van der Waals surface area contributed by atoms with Crippen LogP contribution >= 0.6 is 0 Å². The van der Waals surface area contributed by atoms with Crippen LogP contribution in [0.25, 0.3) is 0 Å². The summed E-state index contributed by atoms with van der Waals surface area (Å²) in [5.41, 5.74) is 0. The third kappa shape index (κ3) is 33.1. The van der Waals surface area contributed by atoms with Gasteiger partial charge in [0.2, 0.25) is 20.8 Å². The number of hydrogen-bond acceptors (Lipinski definition) is 10. The Morgan fingerprint density at radius 1 is 0.846 bits per heavy atom. The van der Waals surface area contributed by atoms with Crippen LogP contribution in [0.1, 0.15) is 0 Å². The maximum absolute atomic E-state index is 8.97. The van der Waals surface area contributed by atoms with E-state index in [4.69, 9.17) is 36.5 Å². The summed E-state index contributed by atoms with van der Waals surface area (Å²) >= 11 is 0. The molecule has 0 fully saturated rings.